The van der Waals surface area contributed by atoms with Crippen LogP contribution in [0.15, 0.2) is 6.17 Å². The van der Waals surface area contributed by atoms with Gasteiger partial charge >= 0.3 is 7.12 Å². The van der Waals surface area contributed by atoms with Crippen molar-refractivity contribution in [3.05, 3.63) is 12.0 Å². The van der Waals surface area contributed by atoms with Crippen molar-refractivity contribution in [3.8, 4) is 0 Å². The molecule has 2 heterocycles. The summed E-state index contributed by atoms with van der Waals surface area (Å²) in [4.78, 5) is 3.60. The van der Waals surface area contributed by atoms with Crippen LogP contribution >= 0.6 is 0 Å². The minimum absolute atomic E-state index is 0.234. The third-order valence-corrected chi connectivity index (χ3v) is 3.36. The van der Waals surface area contributed by atoms with Crippen LogP contribution < -0.4 is 5.59 Å². The third-order valence-electron chi connectivity index (χ3n) is 3.36. The van der Waals surface area contributed by atoms with Gasteiger partial charge in [0.1, 0.15) is 0 Å². The molecule has 100 valence electrons. The Kier molecular flexibility index (Phi) is 2.02. The molecule has 0 saturated carbocycles. The lowest BCUT2D eigenvalue weighted by Gasteiger charge is -2.32. The maximum absolute atomic E-state index is 13.0. The molecule has 2 rings (SSSR count). The molecule has 0 atom stereocenters. The van der Waals surface area contributed by atoms with Crippen molar-refractivity contribution in [2.75, 3.05) is 0 Å². The highest BCUT2D eigenvalue weighted by atomic mass is 19.3. The van der Waals surface area contributed by atoms with E-state index in [1.807, 2.05) is 0 Å². The SMILES string of the molecule is [2H]c1c(B2OC(C)(C)C(C)(C)O2)nc(C(F)F)n1C([2H])([2H])[2H]. The molecular formula is C11H17BF2N2O2. The van der Waals surface area contributed by atoms with Crippen molar-refractivity contribution < 1.29 is 23.6 Å². The Bertz CT molecular complexity index is 573. The zero-order chi connectivity index (χ0) is 17.1. The standard InChI is InChI=1S/C11H17BF2N2O2/c1-10(2)11(3,4)18-12(17-10)7-6-16(5)9(15-7)8(13)14/h6,8H,1-5H3/i5D3,6D. The number of hydrogen-bond acceptors (Lipinski definition) is 3. The molecule has 1 aromatic heterocycles. The molecule has 0 bridgehead atoms. The molecule has 7 heteroatoms. The van der Waals surface area contributed by atoms with Crippen molar-refractivity contribution in [2.45, 2.75) is 45.3 Å². The summed E-state index contributed by atoms with van der Waals surface area (Å²) in [5, 5.41) is 0. The number of hydrogen-bond donors (Lipinski definition) is 0. The lowest BCUT2D eigenvalue weighted by molar-refractivity contribution is 0.00578. The average Bonchev–Trinajstić information content (AvgIpc) is 2.73. The van der Waals surface area contributed by atoms with Crippen molar-refractivity contribution in [1.82, 2.24) is 9.55 Å². The lowest BCUT2D eigenvalue weighted by atomic mass is 9.86. The molecule has 4 nitrogen and oxygen atoms in total. The molecule has 0 amide bonds. The first kappa shape index (κ1) is 9.04. The van der Waals surface area contributed by atoms with Gasteiger partial charge in [0, 0.05) is 17.3 Å². The fraction of sp³-hybridized carbons (Fsp3) is 0.727. The summed E-state index contributed by atoms with van der Waals surface area (Å²) in [5.74, 6) is -0.991. The molecule has 0 aliphatic carbocycles. The van der Waals surface area contributed by atoms with Crippen LogP contribution in [-0.2, 0) is 16.3 Å². The zero-order valence-electron chi connectivity index (χ0n) is 14.6. The predicted octanol–water partition coefficient (Wildman–Crippen LogP) is 1.66. The first-order valence-corrected chi connectivity index (χ1v) is 5.51. The van der Waals surface area contributed by atoms with E-state index in [-0.39, 0.29) is 10.2 Å². The van der Waals surface area contributed by atoms with Crippen LogP contribution in [0.25, 0.3) is 0 Å². The maximum atomic E-state index is 13.0. The fourth-order valence-electron chi connectivity index (χ4n) is 1.58. The van der Waals surface area contributed by atoms with E-state index in [1.54, 1.807) is 27.7 Å². The van der Waals surface area contributed by atoms with Gasteiger partial charge in [-0.3, -0.25) is 0 Å². The third kappa shape index (κ3) is 2.05. The van der Waals surface area contributed by atoms with Crippen LogP contribution in [0.1, 0.15) is 45.4 Å². The number of rotatable bonds is 2. The van der Waals surface area contributed by atoms with Crippen LogP contribution in [0.3, 0.4) is 0 Å². The quantitative estimate of drug-likeness (QED) is 0.760. The average molecular weight is 262 g/mol. The Balaban J connectivity index is 2.51. The monoisotopic (exact) mass is 262 g/mol. The summed E-state index contributed by atoms with van der Waals surface area (Å²) in [6, 6.07) is 0. The van der Waals surface area contributed by atoms with E-state index in [1.165, 1.54) is 0 Å². The van der Waals surface area contributed by atoms with E-state index in [0.29, 0.717) is 0 Å². The van der Waals surface area contributed by atoms with Gasteiger partial charge in [-0.05, 0) is 27.7 Å². The van der Waals surface area contributed by atoms with Gasteiger partial charge in [-0.25, -0.2) is 13.8 Å². The smallest absolute Gasteiger partial charge is 0.398 e. The summed E-state index contributed by atoms with van der Waals surface area (Å²) >= 11 is 0. The molecular weight excluding hydrogens is 241 g/mol. The molecule has 0 spiro atoms. The van der Waals surface area contributed by atoms with Crippen LogP contribution in [-0.4, -0.2) is 27.9 Å². The van der Waals surface area contributed by atoms with E-state index < -0.39 is 43.7 Å². The number of halogens is 2. The molecule has 18 heavy (non-hydrogen) atoms. The number of nitrogens with zero attached hydrogens (tertiary/aromatic N) is 2. The first-order chi connectivity index (χ1) is 9.78. The summed E-state index contributed by atoms with van der Waals surface area (Å²) in [5.41, 5.74) is -1.76. The van der Waals surface area contributed by atoms with Crippen molar-refractivity contribution in [2.24, 2.45) is 6.98 Å². The summed E-state index contributed by atoms with van der Waals surface area (Å²) in [6.07, 6.45) is -3.78. The highest BCUT2D eigenvalue weighted by Gasteiger charge is 2.52. The Morgan fingerprint density at radius 3 is 2.33 bits per heavy atom. The zero-order valence-corrected chi connectivity index (χ0v) is 10.6. The minimum Gasteiger partial charge on any atom is -0.398 e. The minimum atomic E-state index is -3.12. The molecule has 1 fully saturated rings. The van der Waals surface area contributed by atoms with E-state index in [2.05, 4.69) is 4.98 Å². The van der Waals surface area contributed by atoms with Crippen LogP contribution in [0, 0.1) is 0 Å². The van der Waals surface area contributed by atoms with Gasteiger partial charge in [-0.2, -0.15) is 0 Å². The van der Waals surface area contributed by atoms with Crippen molar-refractivity contribution in [3.63, 3.8) is 0 Å². The Morgan fingerprint density at radius 2 is 1.94 bits per heavy atom. The first-order valence-electron chi connectivity index (χ1n) is 7.51. The lowest BCUT2D eigenvalue weighted by Crippen LogP contribution is -2.41. The maximum Gasteiger partial charge on any atom is 0.516 e. The Morgan fingerprint density at radius 1 is 1.39 bits per heavy atom. The van der Waals surface area contributed by atoms with E-state index >= 15 is 0 Å². The Labute approximate surface area is 111 Å². The highest BCUT2D eigenvalue weighted by molar-refractivity contribution is 6.61. The molecule has 0 N–H and O–H groups in total. The van der Waals surface area contributed by atoms with Crippen molar-refractivity contribution >= 4 is 12.7 Å². The second-order valence-electron chi connectivity index (χ2n) is 5.19. The van der Waals surface area contributed by atoms with Gasteiger partial charge in [0.15, 0.2) is 5.82 Å². The van der Waals surface area contributed by atoms with Gasteiger partial charge in [0.25, 0.3) is 6.43 Å². The molecule has 1 aliphatic rings. The highest BCUT2D eigenvalue weighted by Crippen LogP contribution is 2.36. The number of imidazole rings is 1. The van der Waals surface area contributed by atoms with Gasteiger partial charge in [0.05, 0.1) is 18.2 Å². The predicted molar refractivity (Wildman–Crippen MR) is 63.9 cm³/mol. The molecule has 1 aromatic rings. The van der Waals surface area contributed by atoms with Crippen LogP contribution in [0.2, 0.25) is 0 Å². The molecule has 1 aliphatic heterocycles. The summed E-state index contributed by atoms with van der Waals surface area (Å²) < 4.78 is 67.4. The van der Waals surface area contributed by atoms with E-state index in [4.69, 9.17) is 14.8 Å². The molecule has 0 radical (unpaired) electrons. The largest absolute Gasteiger partial charge is 0.516 e. The van der Waals surface area contributed by atoms with Gasteiger partial charge in [0.2, 0.25) is 0 Å². The topological polar surface area (TPSA) is 36.3 Å². The second kappa shape index (κ2) is 4.03. The normalized spacial score (nSPS) is 25.8. The molecule has 0 aromatic carbocycles. The number of alkyl halides is 2. The van der Waals surface area contributed by atoms with Crippen LogP contribution in [0.4, 0.5) is 8.78 Å². The van der Waals surface area contributed by atoms with Gasteiger partial charge in [-0.1, -0.05) is 0 Å². The fourth-order valence-corrected chi connectivity index (χ4v) is 1.58. The number of aromatic nitrogens is 2. The van der Waals surface area contributed by atoms with E-state index in [0.717, 1.165) is 0 Å². The molecule has 0 unspecified atom stereocenters. The van der Waals surface area contributed by atoms with Crippen LogP contribution in [0.5, 0.6) is 0 Å². The summed E-state index contributed by atoms with van der Waals surface area (Å²) in [7, 11) is -1.17. The Hall–Kier alpha value is -0.945. The van der Waals surface area contributed by atoms with Gasteiger partial charge < -0.3 is 13.9 Å². The van der Waals surface area contributed by atoms with E-state index in [9.17, 15) is 8.78 Å². The summed E-state index contributed by atoms with van der Waals surface area (Å²) in [6.45, 7) is 4.09. The molecule has 1 saturated heterocycles. The second-order valence-corrected chi connectivity index (χ2v) is 5.19. The van der Waals surface area contributed by atoms with Crippen molar-refractivity contribution in [1.29, 1.82) is 0 Å². The van der Waals surface area contributed by atoms with Gasteiger partial charge in [-0.15, -0.1) is 0 Å².